The molecule has 0 spiro atoms. The first-order valence-corrected chi connectivity index (χ1v) is 11.3. The van der Waals surface area contributed by atoms with Crippen LogP contribution in [-0.2, 0) is 11.3 Å². The number of rotatable bonds is 4. The lowest BCUT2D eigenvalue weighted by Gasteiger charge is -2.44. The molecule has 0 saturated heterocycles. The molecule has 0 unspecified atom stereocenters. The summed E-state index contributed by atoms with van der Waals surface area (Å²) in [4.78, 5) is 29.2. The molecule has 1 saturated carbocycles. The van der Waals surface area contributed by atoms with Gasteiger partial charge in [0.15, 0.2) is 5.58 Å². The first kappa shape index (κ1) is 20.7. The molecule has 168 valence electrons. The monoisotopic (exact) mass is 435 g/mol. The second-order valence-corrected chi connectivity index (χ2v) is 9.33. The van der Waals surface area contributed by atoms with Gasteiger partial charge in [-0.1, -0.05) is 13.0 Å². The van der Waals surface area contributed by atoms with Crippen LogP contribution in [0.25, 0.3) is 11.1 Å². The number of nitrogens with one attached hydrogen (secondary N) is 1. The Bertz CT molecular complexity index is 1170. The van der Waals surface area contributed by atoms with Crippen molar-refractivity contribution in [1.82, 2.24) is 9.88 Å². The number of aromatic nitrogens is 1. The number of amides is 2. The lowest BCUT2D eigenvalue weighted by atomic mass is 9.86. The van der Waals surface area contributed by atoms with Crippen LogP contribution >= 0.6 is 0 Å². The number of nitrogens with zero attached hydrogens (tertiary/aromatic N) is 2. The van der Waals surface area contributed by atoms with E-state index in [4.69, 9.17) is 9.15 Å². The summed E-state index contributed by atoms with van der Waals surface area (Å²) in [6, 6.07) is 11.0. The van der Waals surface area contributed by atoms with Crippen LogP contribution in [0.15, 0.2) is 47.1 Å². The molecule has 0 bridgehead atoms. The summed E-state index contributed by atoms with van der Waals surface area (Å²) in [6.07, 6.45) is 5.76. The highest BCUT2D eigenvalue weighted by Crippen LogP contribution is 2.37. The zero-order valence-electron chi connectivity index (χ0n) is 18.8. The highest BCUT2D eigenvalue weighted by molar-refractivity contribution is 6.13. The molecule has 7 heteroatoms. The van der Waals surface area contributed by atoms with Crippen LogP contribution in [0, 0.1) is 5.92 Å². The summed E-state index contributed by atoms with van der Waals surface area (Å²) in [5.41, 5.74) is 1.50. The highest BCUT2D eigenvalue weighted by atomic mass is 16.5. The van der Waals surface area contributed by atoms with E-state index in [1.807, 2.05) is 35.8 Å². The van der Waals surface area contributed by atoms with Crippen molar-refractivity contribution in [2.45, 2.75) is 57.7 Å². The van der Waals surface area contributed by atoms with E-state index in [2.05, 4.69) is 12.2 Å². The predicted molar refractivity (Wildman–Crippen MR) is 122 cm³/mol. The number of furan rings is 1. The van der Waals surface area contributed by atoms with Crippen molar-refractivity contribution in [2.75, 3.05) is 12.0 Å². The molecule has 3 heterocycles. The Morgan fingerprint density at radius 3 is 2.72 bits per heavy atom. The van der Waals surface area contributed by atoms with Gasteiger partial charge in [-0.05, 0) is 50.7 Å². The number of benzene rings is 1. The van der Waals surface area contributed by atoms with Crippen molar-refractivity contribution < 1.29 is 18.7 Å². The number of hydrogen-bond donors (Lipinski definition) is 1. The summed E-state index contributed by atoms with van der Waals surface area (Å²) in [7, 11) is 1.59. The number of carbonyl (C=O) groups excluding carboxylic acids is 2. The first-order chi connectivity index (χ1) is 15.4. The molecule has 1 aliphatic heterocycles. The SMILES string of the molecule is COc1cccc(N2C(=O)c3cc4occc4n3C[C@]2(C)C(=O)NC2CCC(C)CC2)c1. The Kier molecular flexibility index (Phi) is 4.99. The second kappa shape index (κ2) is 7.73. The van der Waals surface area contributed by atoms with Gasteiger partial charge >= 0.3 is 0 Å². The Balaban J connectivity index is 1.57. The zero-order chi connectivity index (χ0) is 22.5. The zero-order valence-corrected chi connectivity index (χ0v) is 18.8. The van der Waals surface area contributed by atoms with Crippen LogP contribution in [0.3, 0.4) is 0 Å². The molecule has 2 amide bonds. The van der Waals surface area contributed by atoms with E-state index in [-0.39, 0.29) is 17.9 Å². The van der Waals surface area contributed by atoms with Gasteiger partial charge < -0.3 is 19.0 Å². The maximum atomic E-state index is 13.8. The van der Waals surface area contributed by atoms with E-state index in [9.17, 15) is 9.59 Å². The second-order valence-electron chi connectivity index (χ2n) is 9.33. The van der Waals surface area contributed by atoms with Crippen LogP contribution in [0.2, 0.25) is 0 Å². The van der Waals surface area contributed by atoms with Gasteiger partial charge in [0, 0.05) is 29.9 Å². The van der Waals surface area contributed by atoms with E-state index in [0.717, 1.165) is 31.2 Å². The molecule has 1 atom stereocenters. The Labute approximate surface area is 187 Å². The Hall–Kier alpha value is -3.22. The molecule has 3 aromatic rings. The van der Waals surface area contributed by atoms with Gasteiger partial charge in [0.25, 0.3) is 5.91 Å². The van der Waals surface area contributed by atoms with E-state index < -0.39 is 5.54 Å². The third-order valence-corrected chi connectivity index (χ3v) is 7.06. The fourth-order valence-corrected chi connectivity index (χ4v) is 5.11. The minimum Gasteiger partial charge on any atom is -0.497 e. The van der Waals surface area contributed by atoms with Gasteiger partial charge in [0.05, 0.1) is 25.4 Å². The number of ether oxygens (including phenoxy) is 1. The first-order valence-electron chi connectivity index (χ1n) is 11.3. The van der Waals surface area contributed by atoms with E-state index >= 15 is 0 Å². The third-order valence-electron chi connectivity index (χ3n) is 7.06. The number of methoxy groups -OCH3 is 1. The van der Waals surface area contributed by atoms with Gasteiger partial charge in [0.1, 0.15) is 17.0 Å². The molecule has 1 N–H and O–H groups in total. The summed E-state index contributed by atoms with van der Waals surface area (Å²) in [5, 5.41) is 3.26. The average Bonchev–Trinajstić information content (AvgIpc) is 3.38. The van der Waals surface area contributed by atoms with Crippen molar-refractivity contribution >= 4 is 28.6 Å². The van der Waals surface area contributed by atoms with Gasteiger partial charge in [-0.2, -0.15) is 0 Å². The molecular weight excluding hydrogens is 406 g/mol. The fourth-order valence-electron chi connectivity index (χ4n) is 5.11. The van der Waals surface area contributed by atoms with E-state index in [1.54, 1.807) is 30.4 Å². The van der Waals surface area contributed by atoms with Crippen LogP contribution < -0.4 is 15.0 Å². The molecule has 1 aromatic carbocycles. The standard InChI is InChI=1S/C25H29N3O4/c1-16-7-9-17(10-8-16)26-24(30)25(2)15-27-20-11-12-32-22(20)14-21(27)23(29)28(25)18-5-4-6-19(13-18)31-3/h4-6,11-14,16-17H,7-10,15H2,1-3H3,(H,26,30)/t16?,17?,25-/m1/s1. The number of hydrogen-bond acceptors (Lipinski definition) is 4. The normalized spacial score (nSPS) is 25.6. The largest absolute Gasteiger partial charge is 0.497 e. The van der Waals surface area contributed by atoms with Crippen molar-refractivity contribution in [3.8, 4) is 5.75 Å². The molecule has 7 nitrogen and oxygen atoms in total. The maximum Gasteiger partial charge on any atom is 0.276 e. The van der Waals surface area contributed by atoms with Gasteiger partial charge in [0.2, 0.25) is 5.91 Å². The minimum absolute atomic E-state index is 0.135. The van der Waals surface area contributed by atoms with Crippen molar-refractivity contribution in [3.05, 3.63) is 48.4 Å². The number of fused-ring (bicyclic) bond motifs is 3. The summed E-state index contributed by atoms with van der Waals surface area (Å²) in [6.45, 7) is 4.44. The average molecular weight is 436 g/mol. The van der Waals surface area contributed by atoms with Gasteiger partial charge in [-0.3, -0.25) is 14.5 Å². The predicted octanol–water partition coefficient (Wildman–Crippen LogP) is 4.36. The molecule has 0 radical (unpaired) electrons. The highest BCUT2D eigenvalue weighted by Gasteiger charge is 2.49. The van der Waals surface area contributed by atoms with Gasteiger partial charge in [-0.25, -0.2) is 0 Å². The Morgan fingerprint density at radius 1 is 1.19 bits per heavy atom. The molecule has 1 aliphatic carbocycles. The molecule has 2 aromatic heterocycles. The third kappa shape index (κ3) is 3.27. The number of carbonyl (C=O) groups is 2. The van der Waals surface area contributed by atoms with Crippen molar-refractivity contribution in [2.24, 2.45) is 5.92 Å². The molecule has 5 rings (SSSR count). The van der Waals surface area contributed by atoms with Gasteiger partial charge in [-0.15, -0.1) is 0 Å². The van der Waals surface area contributed by atoms with Crippen LogP contribution in [-0.4, -0.2) is 35.1 Å². The molecule has 2 aliphatic rings. The van der Waals surface area contributed by atoms with Crippen molar-refractivity contribution in [1.29, 1.82) is 0 Å². The van der Waals surface area contributed by atoms with Crippen LogP contribution in [0.4, 0.5) is 5.69 Å². The maximum absolute atomic E-state index is 13.8. The lowest BCUT2D eigenvalue weighted by Crippen LogP contribution is -2.65. The van der Waals surface area contributed by atoms with E-state index in [0.29, 0.717) is 35.2 Å². The van der Waals surface area contributed by atoms with Crippen LogP contribution in [0.5, 0.6) is 5.75 Å². The minimum atomic E-state index is -1.11. The topological polar surface area (TPSA) is 76.7 Å². The molecule has 32 heavy (non-hydrogen) atoms. The smallest absolute Gasteiger partial charge is 0.276 e. The summed E-state index contributed by atoms with van der Waals surface area (Å²) < 4.78 is 12.8. The Morgan fingerprint density at radius 2 is 1.97 bits per heavy atom. The molecular formula is C25H29N3O4. The van der Waals surface area contributed by atoms with Crippen LogP contribution in [0.1, 0.15) is 50.0 Å². The lowest BCUT2D eigenvalue weighted by molar-refractivity contribution is -0.127. The summed E-state index contributed by atoms with van der Waals surface area (Å²) in [5.74, 6) is 0.962. The fraction of sp³-hybridized carbons (Fsp3) is 0.440. The quantitative estimate of drug-likeness (QED) is 0.661. The van der Waals surface area contributed by atoms with E-state index in [1.165, 1.54) is 0 Å². The van der Waals surface area contributed by atoms with Crippen molar-refractivity contribution in [3.63, 3.8) is 0 Å². The summed E-state index contributed by atoms with van der Waals surface area (Å²) >= 11 is 0. The number of anilines is 1. The molecule has 1 fully saturated rings.